The number of aryl methyl sites for hydroxylation is 3. The Balaban J connectivity index is 2.48. The molecule has 2 rings (SSSR count). The maximum Gasteiger partial charge on any atom is 0.124 e. The third kappa shape index (κ3) is 2.80. The molecule has 0 N–H and O–H groups in total. The lowest BCUT2D eigenvalue weighted by Gasteiger charge is -2.17. The highest BCUT2D eigenvalue weighted by atomic mass is 35.5. The Hall–Kier alpha value is -1.54. The summed E-state index contributed by atoms with van der Waals surface area (Å²) < 4.78 is 18.8. The number of hydrogen-bond acceptors (Lipinski definition) is 1. The molecule has 0 fully saturated rings. The zero-order chi connectivity index (χ0) is 14.9. The summed E-state index contributed by atoms with van der Waals surface area (Å²) in [5, 5.41) is -0.367. The molecule has 0 saturated carbocycles. The van der Waals surface area contributed by atoms with Crippen LogP contribution >= 0.6 is 11.6 Å². The number of ether oxygens (including phenoxy) is 1. The molecule has 106 valence electrons. The van der Waals surface area contributed by atoms with Gasteiger partial charge in [0.15, 0.2) is 0 Å². The van der Waals surface area contributed by atoms with Gasteiger partial charge in [0.05, 0.1) is 12.5 Å². The lowest BCUT2D eigenvalue weighted by molar-refractivity contribution is 0.408. The van der Waals surface area contributed by atoms with E-state index in [2.05, 4.69) is 0 Å². The fraction of sp³-hybridized carbons (Fsp3) is 0.294. The minimum absolute atomic E-state index is 0.266. The van der Waals surface area contributed by atoms with Gasteiger partial charge in [0.1, 0.15) is 11.6 Å². The van der Waals surface area contributed by atoms with Crippen LogP contribution in [-0.4, -0.2) is 7.11 Å². The number of methoxy groups -OCH3 is 1. The maximum absolute atomic E-state index is 13.4. The molecule has 1 unspecified atom stereocenters. The molecule has 2 aromatic rings. The Morgan fingerprint density at radius 3 is 2.15 bits per heavy atom. The Morgan fingerprint density at radius 1 is 1.00 bits per heavy atom. The number of halogens is 2. The van der Waals surface area contributed by atoms with Gasteiger partial charge in [0.25, 0.3) is 0 Å². The Morgan fingerprint density at radius 2 is 1.60 bits per heavy atom. The molecule has 0 aliphatic carbocycles. The van der Waals surface area contributed by atoms with Crippen molar-refractivity contribution < 1.29 is 9.13 Å². The van der Waals surface area contributed by atoms with E-state index in [9.17, 15) is 4.39 Å². The number of hydrogen-bond donors (Lipinski definition) is 0. The minimum atomic E-state index is -0.367. The third-order valence-corrected chi connectivity index (χ3v) is 3.98. The van der Waals surface area contributed by atoms with Gasteiger partial charge in [0.2, 0.25) is 0 Å². The maximum atomic E-state index is 13.4. The van der Waals surface area contributed by atoms with Crippen LogP contribution in [0.1, 0.15) is 33.2 Å². The second-order valence-corrected chi connectivity index (χ2v) is 5.49. The van der Waals surface area contributed by atoms with E-state index in [0.717, 1.165) is 33.6 Å². The van der Waals surface area contributed by atoms with Crippen molar-refractivity contribution in [2.75, 3.05) is 7.11 Å². The quantitative estimate of drug-likeness (QED) is 0.716. The Bertz CT molecular complexity index is 614. The van der Waals surface area contributed by atoms with Crippen LogP contribution in [0, 0.1) is 26.6 Å². The van der Waals surface area contributed by atoms with E-state index in [1.807, 2.05) is 32.9 Å². The van der Waals surface area contributed by atoms with E-state index in [1.165, 1.54) is 12.1 Å². The highest BCUT2D eigenvalue weighted by Gasteiger charge is 2.16. The van der Waals surface area contributed by atoms with Crippen molar-refractivity contribution >= 4 is 11.6 Å². The SMILES string of the molecule is COc1c(C)cc(C(Cl)c2cc(F)ccc2C)cc1C. The largest absolute Gasteiger partial charge is 0.496 e. The van der Waals surface area contributed by atoms with Crippen LogP contribution in [0.25, 0.3) is 0 Å². The highest BCUT2D eigenvalue weighted by molar-refractivity contribution is 6.22. The van der Waals surface area contributed by atoms with Gasteiger partial charge in [-0.05, 0) is 60.7 Å². The van der Waals surface area contributed by atoms with Gasteiger partial charge in [-0.25, -0.2) is 4.39 Å². The summed E-state index contributed by atoms with van der Waals surface area (Å²) in [7, 11) is 1.66. The first-order chi connectivity index (χ1) is 9.43. The normalized spacial score (nSPS) is 12.3. The first-order valence-corrected chi connectivity index (χ1v) is 6.93. The van der Waals surface area contributed by atoms with Crippen molar-refractivity contribution in [2.45, 2.75) is 26.1 Å². The third-order valence-electron chi connectivity index (χ3n) is 3.49. The molecular formula is C17H18ClFO. The van der Waals surface area contributed by atoms with Crippen LogP contribution in [0.3, 0.4) is 0 Å². The molecule has 1 atom stereocenters. The monoisotopic (exact) mass is 292 g/mol. The van der Waals surface area contributed by atoms with Gasteiger partial charge in [-0.3, -0.25) is 0 Å². The zero-order valence-corrected chi connectivity index (χ0v) is 12.9. The molecule has 0 aliphatic rings. The van der Waals surface area contributed by atoms with Crippen LogP contribution in [0.4, 0.5) is 4.39 Å². The summed E-state index contributed by atoms with van der Waals surface area (Å²) in [5.41, 5.74) is 4.80. The second kappa shape index (κ2) is 5.84. The molecule has 0 amide bonds. The summed E-state index contributed by atoms with van der Waals surface area (Å²) in [5.74, 6) is 0.604. The molecule has 1 nitrogen and oxygen atoms in total. The van der Waals surface area contributed by atoms with E-state index in [1.54, 1.807) is 13.2 Å². The van der Waals surface area contributed by atoms with Crippen molar-refractivity contribution in [2.24, 2.45) is 0 Å². The van der Waals surface area contributed by atoms with E-state index in [0.29, 0.717) is 0 Å². The highest BCUT2D eigenvalue weighted by Crippen LogP contribution is 2.35. The van der Waals surface area contributed by atoms with E-state index in [-0.39, 0.29) is 11.2 Å². The summed E-state index contributed by atoms with van der Waals surface area (Å²) in [6.45, 7) is 5.90. The fourth-order valence-corrected chi connectivity index (χ4v) is 2.88. The molecule has 0 spiro atoms. The molecule has 3 heteroatoms. The zero-order valence-electron chi connectivity index (χ0n) is 12.1. The lowest BCUT2D eigenvalue weighted by atomic mass is 9.96. The van der Waals surface area contributed by atoms with Gasteiger partial charge in [-0.15, -0.1) is 11.6 Å². The molecule has 0 saturated heterocycles. The van der Waals surface area contributed by atoms with Crippen molar-refractivity contribution in [3.8, 4) is 5.75 Å². The summed E-state index contributed by atoms with van der Waals surface area (Å²) in [4.78, 5) is 0. The van der Waals surface area contributed by atoms with Gasteiger partial charge in [-0.1, -0.05) is 18.2 Å². The smallest absolute Gasteiger partial charge is 0.124 e. The predicted molar refractivity (Wildman–Crippen MR) is 81.3 cm³/mol. The van der Waals surface area contributed by atoms with Crippen molar-refractivity contribution in [1.82, 2.24) is 0 Å². The molecule has 2 aromatic carbocycles. The van der Waals surface area contributed by atoms with Gasteiger partial charge in [0, 0.05) is 0 Å². The van der Waals surface area contributed by atoms with Gasteiger partial charge < -0.3 is 4.74 Å². The second-order valence-electron chi connectivity index (χ2n) is 5.05. The van der Waals surface area contributed by atoms with Gasteiger partial charge in [-0.2, -0.15) is 0 Å². The lowest BCUT2D eigenvalue weighted by Crippen LogP contribution is -2.00. The molecule has 0 heterocycles. The predicted octanol–water partition coefficient (Wildman–Crippen LogP) is 5.09. The standard InChI is InChI=1S/C17H18ClFO/c1-10-5-6-14(19)9-15(10)16(18)13-7-11(2)17(20-4)12(3)8-13/h5-9,16H,1-4H3. The number of alkyl halides is 1. The summed E-state index contributed by atoms with van der Waals surface area (Å²) >= 11 is 6.54. The molecule has 0 radical (unpaired) electrons. The van der Waals surface area contributed by atoms with Crippen molar-refractivity contribution in [3.05, 3.63) is 64.0 Å². The molecule has 0 aromatic heterocycles. The van der Waals surface area contributed by atoms with Crippen molar-refractivity contribution in [1.29, 1.82) is 0 Å². The first-order valence-electron chi connectivity index (χ1n) is 6.49. The molecule has 0 aliphatic heterocycles. The van der Waals surface area contributed by atoms with Crippen LogP contribution in [0.2, 0.25) is 0 Å². The Kier molecular flexibility index (Phi) is 4.34. The van der Waals surface area contributed by atoms with Crippen LogP contribution < -0.4 is 4.74 Å². The van der Waals surface area contributed by atoms with Crippen LogP contribution in [0.15, 0.2) is 30.3 Å². The number of rotatable bonds is 3. The minimum Gasteiger partial charge on any atom is -0.496 e. The Labute approximate surface area is 124 Å². The molecule has 0 bridgehead atoms. The topological polar surface area (TPSA) is 9.23 Å². The summed E-state index contributed by atoms with van der Waals surface area (Å²) in [6.07, 6.45) is 0. The van der Waals surface area contributed by atoms with Crippen LogP contribution in [0.5, 0.6) is 5.75 Å². The average molecular weight is 293 g/mol. The molecule has 20 heavy (non-hydrogen) atoms. The summed E-state index contributed by atoms with van der Waals surface area (Å²) in [6, 6.07) is 8.69. The average Bonchev–Trinajstić information content (AvgIpc) is 2.40. The van der Waals surface area contributed by atoms with Crippen molar-refractivity contribution in [3.63, 3.8) is 0 Å². The first kappa shape index (κ1) is 14.9. The van der Waals surface area contributed by atoms with E-state index >= 15 is 0 Å². The van der Waals surface area contributed by atoms with E-state index < -0.39 is 0 Å². The van der Waals surface area contributed by atoms with E-state index in [4.69, 9.17) is 16.3 Å². The van der Waals surface area contributed by atoms with Crippen LogP contribution in [-0.2, 0) is 0 Å². The number of benzene rings is 2. The fourth-order valence-electron chi connectivity index (χ4n) is 2.52. The molecular weight excluding hydrogens is 275 g/mol. The van der Waals surface area contributed by atoms with Gasteiger partial charge >= 0.3 is 0 Å².